The number of aliphatic carboxylic acids is 1. The Hall–Kier alpha value is -0.610. The molecule has 0 bridgehead atoms. The predicted octanol–water partition coefficient (Wildman–Crippen LogP) is 0.602. The van der Waals surface area contributed by atoms with Crippen molar-refractivity contribution in [1.29, 1.82) is 0 Å². The Balaban J connectivity index is 2.29. The number of nitrogens with one attached hydrogen (secondary N) is 1. The van der Waals surface area contributed by atoms with Crippen LogP contribution in [0.1, 0.15) is 32.6 Å². The van der Waals surface area contributed by atoms with Gasteiger partial charge >= 0.3 is 5.97 Å². The molecule has 4 nitrogen and oxygen atoms in total. The van der Waals surface area contributed by atoms with Crippen molar-refractivity contribution in [3.8, 4) is 0 Å². The van der Waals surface area contributed by atoms with Crippen molar-refractivity contribution < 1.29 is 15.0 Å². The van der Waals surface area contributed by atoms with E-state index in [9.17, 15) is 4.79 Å². The lowest BCUT2D eigenvalue weighted by molar-refractivity contribution is -0.139. The second-order valence-electron chi connectivity index (χ2n) is 4.22. The van der Waals surface area contributed by atoms with Gasteiger partial charge in [-0.05, 0) is 19.3 Å². The van der Waals surface area contributed by atoms with E-state index >= 15 is 0 Å². The molecule has 0 amide bonds. The molecule has 1 aliphatic rings. The minimum atomic E-state index is -0.791. The molecular formula is C10H19NO3. The van der Waals surface area contributed by atoms with Gasteiger partial charge in [-0.15, -0.1) is 0 Å². The summed E-state index contributed by atoms with van der Waals surface area (Å²) in [5, 5.41) is 20.9. The third kappa shape index (κ3) is 2.96. The molecular weight excluding hydrogens is 182 g/mol. The fourth-order valence-electron chi connectivity index (χ4n) is 1.51. The van der Waals surface area contributed by atoms with Crippen molar-refractivity contribution in [3.63, 3.8) is 0 Å². The number of carbonyl (C=O) groups is 1. The Morgan fingerprint density at radius 2 is 2.21 bits per heavy atom. The van der Waals surface area contributed by atoms with E-state index in [1.807, 2.05) is 6.92 Å². The molecule has 3 N–H and O–H groups in total. The smallest absolute Gasteiger partial charge is 0.320 e. The van der Waals surface area contributed by atoms with Crippen LogP contribution in [-0.2, 0) is 4.79 Å². The highest BCUT2D eigenvalue weighted by Crippen LogP contribution is 2.44. The molecule has 1 saturated carbocycles. The van der Waals surface area contributed by atoms with E-state index in [1.165, 1.54) is 0 Å². The average Bonchev–Trinajstić information content (AvgIpc) is 2.92. The monoisotopic (exact) mass is 201 g/mol. The third-order valence-corrected chi connectivity index (χ3v) is 2.89. The average molecular weight is 201 g/mol. The molecule has 1 aliphatic carbocycles. The summed E-state index contributed by atoms with van der Waals surface area (Å²) in [7, 11) is 0. The second kappa shape index (κ2) is 4.75. The minimum Gasteiger partial charge on any atom is -0.480 e. The molecule has 0 radical (unpaired) electrons. The standard InChI is InChI=1S/C10H19NO3/c1-2-3-8(9(13)14)11-6-10(7-12)4-5-10/h8,11-12H,2-7H2,1H3,(H,13,14). The van der Waals surface area contributed by atoms with Gasteiger partial charge in [0.1, 0.15) is 6.04 Å². The number of hydrogen-bond acceptors (Lipinski definition) is 3. The first-order valence-corrected chi connectivity index (χ1v) is 5.20. The van der Waals surface area contributed by atoms with Crippen LogP contribution in [0.25, 0.3) is 0 Å². The van der Waals surface area contributed by atoms with Crippen molar-refractivity contribution in [1.82, 2.24) is 5.32 Å². The Kier molecular flexibility index (Phi) is 3.89. The van der Waals surface area contributed by atoms with Crippen molar-refractivity contribution in [2.24, 2.45) is 5.41 Å². The minimum absolute atomic E-state index is 0.0125. The zero-order chi connectivity index (χ0) is 10.6. The summed E-state index contributed by atoms with van der Waals surface area (Å²) in [4.78, 5) is 10.8. The molecule has 1 unspecified atom stereocenters. The van der Waals surface area contributed by atoms with Crippen molar-refractivity contribution in [3.05, 3.63) is 0 Å². The van der Waals surface area contributed by atoms with E-state index in [1.54, 1.807) is 0 Å². The Bertz CT molecular complexity index is 202. The fraction of sp³-hybridized carbons (Fsp3) is 0.900. The lowest BCUT2D eigenvalue weighted by Gasteiger charge is -2.17. The molecule has 1 rings (SSSR count). The summed E-state index contributed by atoms with van der Waals surface area (Å²) in [6, 6.07) is -0.455. The number of aliphatic hydroxyl groups excluding tert-OH is 1. The maximum Gasteiger partial charge on any atom is 0.320 e. The molecule has 0 spiro atoms. The topological polar surface area (TPSA) is 69.6 Å². The van der Waals surface area contributed by atoms with Crippen LogP contribution in [0.2, 0.25) is 0 Å². The van der Waals surface area contributed by atoms with Crippen LogP contribution >= 0.6 is 0 Å². The first-order valence-electron chi connectivity index (χ1n) is 5.20. The van der Waals surface area contributed by atoms with Crippen LogP contribution < -0.4 is 5.32 Å². The van der Waals surface area contributed by atoms with E-state index in [-0.39, 0.29) is 12.0 Å². The SMILES string of the molecule is CCCC(NCC1(CO)CC1)C(=O)O. The highest BCUT2D eigenvalue weighted by atomic mass is 16.4. The molecule has 1 atom stereocenters. The van der Waals surface area contributed by atoms with Gasteiger partial charge in [-0.25, -0.2) is 0 Å². The number of hydrogen-bond donors (Lipinski definition) is 3. The molecule has 4 heteroatoms. The zero-order valence-electron chi connectivity index (χ0n) is 8.62. The van der Waals surface area contributed by atoms with Crippen molar-refractivity contribution >= 4 is 5.97 Å². The van der Waals surface area contributed by atoms with E-state index in [4.69, 9.17) is 10.2 Å². The molecule has 0 aromatic heterocycles. The maximum absolute atomic E-state index is 10.8. The van der Waals surface area contributed by atoms with Gasteiger partial charge in [-0.3, -0.25) is 4.79 Å². The molecule has 0 heterocycles. The summed E-state index contributed by atoms with van der Waals surface area (Å²) >= 11 is 0. The number of carboxylic acid groups (broad SMARTS) is 1. The maximum atomic E-state index is 10.8. The van der Waals surface area contributed by atoms with Gasteiger partial charge in [-0.1, -0.05) is 13.3 Å². The first kappa shape index (κ1) is 11.5. The van der Waals surface area contributed by atoms with Gasteiger partial charge in [0.25, 0.3) is 0 Å². The van der Waals surface area contributed by atoms with Crippen LogP contribution in [-0.4, -0.2) is 35.4 Å². The summed E-state index contributed by atoms with van der Waals surface area (Å²) in [6.45, 7) is 2.76. The number of carboxylic acids is 1. The molecule has 0 aliphatic heterocycles. The van der Waals surface area contributed by atoms with Gasteiger partial charge < -0.3 is 15.5 Å². The van der Waals surface area contributed by atoms with Crippen molar-refractivity contribution in [2.75, 3.05) is 13.2 Å². The normalized spacial score (nSPS) is 20.4. The zero-order valence-corrected chi connectivity index (χ0v) is 8.62. The third-order valence-electron chi connectivity index (χ3n) is 2.89. The van der Waals surface area contributed by atoms with Crippen LogP contribution in [0.3, 0.4) is 0 Å². The van der Waals surface area contributed by atoms with Crippen LogP contribution in [0.4, 0.5) is 0 Å². The van der Waals surface area contributed by atoms with E-state index in [2.05, 4.69) is 5.32 Å². The van der Waals surface area contributed by atoms with Gasteiger partial charge in [-0.2, -0.15) is 0 Å². The molecule has 0 aromatic carbocycles. The molecule has 1 fully saturated rings. The van der Waals surface area contributed by atoms with Gasteiger partial charge in [0.15, 0.2) is 0 Å². The second-order valence-corrected chi connectivity index (χ2v) is 4.22. The lowest BCUT2D eigenvalue weighted by Crippen LogP contribution is -2.40. The summed E-state index contributed by atoms with van der Waals surface area (Å²) < 4.78 is 0. The molecule has 0 aromatic rings. The number of aliphatic hydroxyl groups is 1. The Morgan fingerprint density at radius 3 is 2.57 bits per heavy atom. The van der Waals surface area contributed by atoms with Gasteiger partial charge in [0, 0.05) is 18.6 Å². The van der Waals surface area contributed by atoms with Crippen LogP contribution in [0.15, 0.2) is 0 Å². The molecule has 14 heavy (non-hydrogen) atoms. The quantitative estimate of drug-likeness (QED) is 0.564. The first-order chi connectivity index (χ1) is 6.63. The highest BCUT2D eigenvalue weighted by molar-refractivity contribution is 5.73. The lowest BCUT2D eigenvalue weighted by atomic mass is 10.1. The van der Waals surface area contributed by atoms with Crippen molar-refractivity contribution in [2.45, 2.75) is 38.6 Å². The highest BCUT2D eigenvalue weighted by Gasteiger charge is 2.42. The van der Waals surface area contributed by atoms with Crippen LogP contribution in [0.5, 0.6) is 0 Å². The van der Waals surface area contributed by atoms with Crippen LogP contribution in [0, 0.1) is 5.41 Å². The van der Waals surface area contributed by atoms with E-state index in [0.717, 1.165) is 19.3 Å². The molecule has 0 saturated heterocycles. The largest absolute Gasteiger partial charge is 0.480 e. The summed E-state index contributed by atoms with van der Waals surface area (Å²) in [5.41, 5.74) is -0.0125. The summed E-state index contributed by atoms with van der Waals surface area (Å²) in [5.74, 6) is -0.791. The number of rotatable bonds is 7. The van der Waals surface area contributed by atoms with E-state index in [0.29, 0.717) is 13.0 Å². The van der Waals surface area contributed by atoms with Gasteiger partial charge in [0.05, 0.1) is 0 Å². The predicted molar refractivity (Wildman–Crippen MR) is 53.1 cm³/mol. The fourth-order valence-corrected chi connectivity index (χ4v) is 1.51. The molecule has 82 valence electrons. The summed E-state index contributed by atoms with van der Waals surface area (Å²) in [6.07, 6.45) is 3.52. The Labute approximate surface area is 84.3 Å². The van der Waals surface area contributed by atoms with Gasteiger partial charge in [0.2, 0.25) is 0 Å². The Morgan fingerprint density at radius 1 is 1.57 bits per heavy atom. The van der Waals surface area contributed by atoms with E-state index < -0.39 is 12.0 Å².